The van der Waals surface area contributed by atoms with Gasteiger partial charge in [-0.2, -0.15) is 0 Å². The number of rotatable bonds is 4. The van der Waals surface area contributed by atoms with E-state index in [-0.39, 0.29) is 43.7 Å². The monoisotopic (exact) mass is 464 g/mol. The Kier molecular flexibility index (Phi) is 5.28. The van der Waals surface area contributed by atoms with Crippen LogP contribution in [0.25, 0.3) is 0 Å². The molecule has 2 saturated heterocycles. The second kappa shape index (κ2) is 8.02. The van der Waals surface area contributed by atoms with Crippen LogP contribution < -0.4 is 0 Å². The van der Waals surface area contributed by atoms with E-state index in [1.807, 2.05) is 0 Å². The first-order valence-corrected chi connectivity index (χ1v) is 10.3. The Morgan fingerprint density at radius 2 is 1.12 bits per heavy atom. The summed E-state index contributed by atoms with van der Waals surface area (Å²) in [6.45, 7) is 0.280. The van der Waals surface area contributed by atoms with Crippen molar-refractivity contribution in [2.45, 2.75) is 31.8 Å². The van der Waals surface area contributed by atoms with Gasteiger partial charge in [0.15, 0.2) is 17.3 Å². The van der Waals surface area contributed by atoms with Gasteiger partial charge in [0, 0.05) is 0 Å². The van der Waals surface area contributed by atoms with E-state index in [1.165, 1.54) is 24.3 Å². The molecule has 33 heavy (non-hydrogen) atoms. The van der Waals surface area contributed by atoms with Gasteiger partial charge in [-0.3, -0.25) is 25.0 Å². The van der Waals surface area contributed by atoms with Crippen molar-refractivity contribution in [3.8, 4) is 0 Å². The predicted octanol–water partition coefficient (Wildman–Crippen LogP) is 3.21. The van der Waals surface area contributed by atoms with Gasteiger partial charge < -0.3 is 27.8 Å². The first-order valence-electron chi connectivity index (χ1n) is 10.3. The van der Waals surface area contributed by atoms with E-state index < -0.39 is 45.0 Å². The molecule has 2 aromatic rings. The van der Waals surface area contributed by atoms with Crippen LogP contribution in [-0.4, -0.2) is 42.1 Å². The molecule has 0 aromatic carbocycles. The molecule has 0 unspecified atom stereocenters. The number of nitro groups is 2. The molecule has 13 heteroatoms. The SMILES string of the molecule is O=C1C2(CCCC13COC(c1ccc([N+](=O)[O-])o1)OC3)COC(c1ccc([N+](=O)[O-])o1)OC2. The number of Topliss-reactive ketones (excluding diaryl/α,β-unsaturated/α-hetero) is 1. The highest BCUT2D eigenvalue weighted by atomic mass is 16.7. The summed E-state index contributed by atoms with van der Waals surface area (Å²) >= 11 is 0. The van der Waals surface area contributed by atoms with E-state index in [9.17, 15) is 25.0 Å². The average Bonchev–Trinajstić information content (AvgIpc) is 3.49. The summed E-state index contributed by atoms with van der Waals surface area (Å²) in [5.74, 6) is -0.603. The zero-order valence-corrected chi connectivity index (χ0v) is 17.3. The minimum absolute atomic E-state index is 0.0700. The number of hydrogen-bond acceptors (Lipinski definition) is 11. The Hall–Kier alpha value is -3.13. The zero-order chi connectivity index (χ0) is 23.2. The maximum absolute atomic E-state index is 13.6. The molecule has 5 rings (SSSR count). The summed E-state index contributed by atoms with van der Waals surface area (Å²) in [6, 6.07) is 5.25. The molecule has 1 saturated carbocycles. The molecule has 3 fully saturated rings. The molecule has 2 aliphatic heterocycles. The standard InChI is InChI=1S/C20H20N2O11/c23-18-19(8-28-16(29-9-19)12-2-4-14(32-12)21(24)25)6-1-7-20(18)10-30-17(31-11-20)13-3-5-15(33-13)22(26)27/h2-5,16-17H,1,6-11H2. The van der Waals surface area contributed by atoms with E-state index in [0.29, 0.717) is 12.8 Å². The molecule has 4 heterocycles. The quantitative estimate of drug-likeness (QED) is 0.481. The fraction of sp³-hybridized carbons (Fsp3) is 0.550. The maximum atomic E-state index is 13.6. The lowest BCUT2D eigenvalue weighted by Crippen LogP contribution is -2.58. The molecule has 1 aliphatic carbocycles. The Bertz CT molecular complexity index is 991. The number of nitrogens with zero attached hydrogens (tertiary/aromatic N) is 2. The Labute approximate surface area is 185 Å². The maximum Gasteiger partial charge on any atom is 0.433 e. The van der Waals surface area contributed by atoms with Gasteiger partial charge in [-0.15, -0.1) is 0 Å². The van der Waals surface area contributed by atoms with Crippen LogP contribution >= 0.6 is 0 Å². The zero-order valence-electron chi connectivity index (χ0n) is 17.3. The Balaban J connectivity index is 1.25. The number of hydrogen-bond donors (Lipinski definition) is 0. The fourth-order valence-electron chi connectivity index (χ4n) is 4.69. The minimum Gasteiger partial charge on any atom is -0.400 e. The smallest absolute Gasteiger partial charge is 0.400 e. The topological polar surface area (TPSA) is 167 Å². The summed E-state index contributed by atoms with van der Waals surface area (Å²) in [4.78, 5) is 33.9. The van der Waals surface area contributed by atoms with Gasteiger partial charge in [0.25, 0.3) is 0 Å². The van der Waals surface area contributed by atoms with Crippen molar-refractivity contribution in [2.24, 2.45) is 10.8 Å². The summed E-state index contributed by atoms with van der Waals surface area (Å²) < 4.78 is 33.3. The number of ketones is 1. The van der Waals surface area contributed by atoms with Gasteiger partial charge in [-0.05, 0) is 25.0 Å². The van der Waals surface area contributed by atoms with E-state index in [1.54, 1.807) is 0 Å². The van der Waals surface area contributed by atoms with Crippen LogP contribution in [0, 0.1) is 31.1 Å². The van der Waals surface area contributed by atoms with Crippen LogP contribution in [0.3, 0.4) is 0 Å². The van der Waals surface area contributed by atoms with Gasteiger partial charge in [0.2, 0.25) is 12.6 Å². The third kappa shape index (κ3) is 3.72. The van der Waals surface area contributed by atoms with Crippen molar-refractivity contribution >= 4 is 17.6 Å². The first kappa shape index (κ1) is 21.7. The third-order valence-corrected chi connectivity index (χ3v) is 6.37. The van der Waals surface area contributed by atoms with Crippen LogP contribution in [0.5, 0.6) is 0 Å². The molecule has 0 atom stereocenters. The molecular weight excluding hydrogens is 444 g/mol. The van der Waals surface area contributed by atoms with Gasteiger partial charge in [0.05, 0.1) is 49.4 Å². The van der Waals surface area contributed by atoms with E-state index in [4.69, 9.17) is 27.8 Å². The number of carbonyl (C=O) groups is 1. The van der Waals surface area contributed by atoms with Crippen LogP contribution in [0.15, 0.2) is 33.1 Å². The Morgan fingerprint density at radius 1 is 0.727 bits per heavy atom. The largest absolute Gasteiger partial charge is 0.433 e. The van der Waals surface area contributed by atoms with Crippen LogP contribution in [0.2, 0.25) is 0 Å². The van der Waals surface area contributed by atoms with Gasteiger partial charge in [-0.1, -0.05) is 6.42 Å². The molecule has 3 aliphatic rings. The van der Waals surface area contributed by atoms with Crippen molar-refractivity contribution in [3.05, 3.63) is 56.0 Å². The highest BCUT2D eigenvalue weighted by Crippen LogP contribution is 2.49. The first-order chi connectivity index (χ1) is 15.8. The molecular formula is C20H20N2O11. The number of furan rings is 2. The van der Waals surface area contributed by atoms with Crippen molar-refractivity contribution in [1.82, 2.24) is 0 Å². The second-order valence-corrected chi connectivity index (χ2v) is 8.52. The number of ether oxygens (including phenoxy) is 4. The van der Waals surface area contributed by atoms with Crippen LogP contribution in [-0.2, 0) is 23.7 Å². The highest BCUT2D eigenvalue weighted by molar-refractivity contribution is 5.92. The van der Waals surface area contributed by atoms with Crippen molar-refractivity contribution in [2.75, 3.05) is 26.4 Å². The summed E-state index contributed by atoms with van der Waals surface area (Å²) in [6.07, 6.45) is -0.0291. The third-order valence-electron chi connectivity index (χ3n) is 6.37. The normalized spacial score (nSPS) is 32.3. The van der Waals surface area contributed by atoms with Gasteiger partial charge >= 0.3 is 11.8 Å². The Morgan fingerprint density at radius 3 is 1.45 bits per heavy atom. The lowest BCUT2D eigenvalue weighted by molar-refractivity contribution is -0.403. The van der Waals surface area contributed by atoms with Crippen LogP contribution in [0.4, 0.5) is 11.8 Å². The van der Waals surface area contributed by atoms with Crippen molar-refractivity contribution in [1.29, 1.82) is 0 Å². The number of carbonyl (C=O) groups excluding carboxylic acids is 1. The van der Waals surface area contributed by atoms with Crippen molar-refractivity contribution in [3.63, 3.8) is 0 Å². The van der Waals surface area contributed by atoms with E-state index in [0.717, 1.165) is 6.42 Å². The molecule has 176 valence electrons. The van der Waals surface area contributed by atoms with Crippen molar-refractivity contribution < 1.29 is 42.4 Å². The highest BCUT2D eigenvalue weighted by Gasteiger charge is 2.57. The lowest BCUT2D eigenvalue weighted by atomic mass is 9.61. The molecule has 0 radical (unpaired) electrons. The molecule has 0 N–H and O–H groups in total. The summed E-state index contributed by atoms with van der Waals surface area (Å²) in [5.41, 5.74) is -1.79. The lowest BCUT2D eigenvalue weighted by Gasteiger charge is -2.49. The van der Waals surface area contributed by atoms with Gasteiger partial charge in [-0.25, -0.2) is 0 Å². The molecule has 0 bridgehead atoms. The van der Waals surface area contributed by atoms with E-state index in [2.05, 4.69) is 0 Å². The van der Waals surface area contributed by atoms with Gasteiger partial charge in [0.1, 0.15) is 9.85 Å². The predicted molar refractivity (Wildman–Crippen MR) is 104 cm³/mol. The molecule has 0 amide bonds. The van der Waals surface area contributed by atoms with E-state index >= 15 is 0 Å². The summed E-state index contributed by atoms with van der Waals surface area (Å²) in [5, 5.41) is 21.6. The minimum atomic E-state index is -0.937. The van der Waals surface area contributed by atoms with Crippen LogP contribution in [0.1, 0.15) is 43.4 Å². The average molecular weight is 464 g/mol. The summed E-state index contributed by atoms with van der Waals surface area (Å²) in [7, 11) is 0. The molecule has 13 nitrogen and oxygen atoms in total. The molecule has 2 aromatic heterocycles. The fourth-order valence-corrected chi connectivity index (χ4v) is 4.69. The molecule has 2 spiro atoms. The second-order valence-electron chi connectivity index (χ2n) is 8.52.